The van der Waals surface area contributed by atoms with E-state index >= 15 is 0 Å². The van der Waals surface area contributed by atoms with E-state index in [2.05, 4.69) is 0 Å². The standard InChI is InChI=1S/C24H22F6N2O4S2/c25-23(26,27)22(34,24(28,29)30)17-7-9-18(10-8-17)32-12-11-31(38(35,36)21-6-3-13-37-21)15-19(32)14-16-4-1-2-5-20(16)33/h1-10,13,19,33-34H,11-12,14-15H2/t19-/m1/s1. The monoisotopic (exact) mass is 580 g/mol. The summed E-state index contributed by atoms with van der Waals surface area (Å²) in [4.78, 5) is 1.66. The number of para-hydroxylation sites is 1. The fourth-order valence-corrected chi connectivity index (χ4v) is 7.03. The van der Waals surface area contributed by atoms with E-state index in [1.165, 1.54) is 16.4 Å². The number of sulfonamides is 1. The molecule has 14 heteroatoms. The van der Waals surface area contributed by atoms with Gasteiger partial charge < -0.3 is 15.1 Å². The summed E-state index contributed by atoms with van der Waals surface area (Å²) in [7, 11) is -3.84. The fourth-order valence-electron chi connectivity index (χ4n) is 4.42. The third-order valence-corrected chi connectivity index (χ3v) is 9.66. The molecule has 2 aromatic carbocycles. The molecule has 0 saturated carbocycles. The second kappa shape index (κ2) is 10.1. The number of piperazine rings is 1. The Morgan fingerprint density at radius 3 is 2.08 bits per heavy atom. The van der Waals surface area contributed by atoms with E-state index in [0.29, 0.717) is 17.7 Å². The first-order valence-electron chi connectivity index (χ1n) is 11.2. The first kappa shape index (κ1) is 28.2. The predicted octanol–water partition coefficient (Wildman–Crippen LogP) is 4.89. The van der Waals surface area contributed by atoms with Crippen LogP contribution in [0, 0.1) is 0 Å². The molecule has 1 fully saturated rings. The minimum atomic E-state index is -6.01. The van der Waals surface area contributed by atoms with Crippen molar-refractivity contribution in [3.63, 3.8) is 0 Å². The topological polar surface area (TPSA) is 81.1 Å². The Kier molecular flexibility index (Phi) is 7.47. The number of aliphatic hydroxyl groups is 1. The van der Waals surface area contributed by atoms with Crippen molar-refractivity contribution in [1.29, 1.82) is 0 Å². The number of rotatable bonds is 6. The Hall–Kier alpha value is -2.81. The number of phenolic OH excluding ortho intramolecular Hbond substituents is 1. The molecule has 1 aliphatic heterocycles. The van der Waals surface area contributed by atoms with Gasteiger partial charge in [-0.15, -0.1) is 11.3 Å². The van der Waals surface area contributed by atoms with Crippen molar-refractivity contribution in [3.8, 4) is 5.75 Å². The highest BCUT2D eigenvalue weighted by Gasteiger charge is 2.71. The summed E-state index contributed by atoms with van der Waals surface area (Å²) in [6.07, 6.45) is -11.9. The summed E-state index contributed by atoms with van der Waals surface area (Å²) in [5.41, 5.74) is -5.73. The van der Waals surface area contributed by atoms with Gasteiger partial charge in [-0.2, -0.15) is 30.6 Å². The second-order valence-corrected chi connectivity index (χ2v) is 11.8. The van der Waals surface area contributed by atoms with Gasteiger partial charge in [-0.05, 0) is 41.6 Å². The molecule has 1 aromatic heterocycles. The van der Waals surface area contributed by atoms with E-state index in [9.17, 15) is 45.0 Å². The van der Waals surface area contributed by atoms with Crippen LogP contribution in [0.3, 0.4) is 0 Å². The minimum absolute atomic E-state index is 0.00823. The summed E-state index contributed by atoms with van der Waals surface area (Å²) >= 11 is 1.05. The van der Waals surface area contributed by atoms with Gasteiger partial charge in [-0.3, -0.25) is 0 Å². The number of phenols is 1. The average molecular weight is 581 g/mol. The number of thiophene rings is 1. The number of nitrogens with zero attached hydrogens (tertiary/aromatic N) is 2. The third kappa shape index (κ3) is 5.09. The zero-order valence-electron chi connectivity index (χ0n) is 19.4. The van der Waals surface area contributed by atoms with Gasteiger partial charge in [0.25, 0.3) is 15.6 Å². The molecule has 4 rings (SSSR count). The van der Waals surface area contributed by atoms with Gasteiger partial charge >= 0.3 is 12.4 Å². The first-order chi connectivity index (χ1) is 17.7. The number of anilines is 1. The van der Waals surface area contributed by atoms with Crippen molar-refractivity contribution < 1.29 is 45.0 Å². The SMILES string of the molecule is O=S(=O)(c1cccs1)N1CCN(c2ccc(C(O)(C(F)(F)F)C(F)(F)F)cc2)[C@H](Cc2ccccc2O)C1. The van der Waals surface area contributed by atoms with Gasteiger partial charge in [0, 0.05) is 36.9 Å². The van der Waals surface area contributed by atoms with E-state index in [4.69, 9.17) is 0 Å². The lowest BCUT2D eigenvalue weighted by molar-refractivity contribution is -0.376. The molecule has 0 spiro atoms. The average Bonchev–Trinajstić information content (AvgIpc) is 3.40. The maximum atomic E-state index is 13.3. The Bertz CT molecular complexity index is 1350. The smallest absolute Gasteiger partial charge is 0.430 e. The van der Waals surface area contributed by atoms with Crippen LogP contribution in [0.2, 0.25) is 0 Å². The number of aromatic hydroxyl groups is 1. The van der Waals surface area contributed by atoms with Crippen LogP contribution in [0.5, 0.6) is 5.75 Å². The predicted molar refractivity (Wildman–Crippen MR) is 128 cm³/mol. The highest BCUT2D eigenvalue weighted by atomic mass is 32.2. The summed E-state index contributed by atoms with van der Waals surface area (Å²) in [6, 6.07) is 12.0. The summed E-state index contributed by atoms with van der Waals surface area (Å²) in [5, 5.41) is 21.6. The maximum Gasteiger partial charge on any atom is 0.430 e. The Balaban J connectivity index is 1.68. The van der Waals surface area contributed by atoms with Crippen molar-refractivity contribution in [2.24, 2.45) is 0 Å². The van der Waals surface area contributed by atoms with Gasteiger partial charge in [0.05, 0.1) is 0 Å². The van der Waals surface area contributed by atoms with Crippen LogP contribution in [0.25, 0.3) is 0 Å². The van der Waals surface area contributed by atoms with Crippen molar-refractivity contribution >= 4 is 27.0 Å². The third-order valence-electron chi connectivity index (χ3n) is 6.42. The molecule has 1 atom stereocenters. The Labute approximate surface area is 218 Å². The van der Waals surface area contributed by atoms with E-state index in [0.717, 1.165) is 23.5 Å². The van der Waals surface area contributed by atoms with Crippen LogP contribution in [0.1, 0.15) is 11.1 Å². The summed E-state index contributed by atoms with van der Waals surface area (Å²) in [5.74, 6) is -0.0403. The van der Waals surface area contributed by atoms with Gasteiger partial charge in [0.15, 0.2) is 0 Å². The van der Waals surface area contributed by atoms with E-state index in [1.807, 2.05) is 0 Å². The molecule has 206 valence electrons. The van der Waals surface area contributed by atoms with E-state index in [-0.39, 0.29) is 41.7 Å². The number of alkyl halides is 6. The van der Waals surface area contributed by atoms with Crippen molar-refractivity contribution in [1.82, 2.24) is 4.31 Å². The molecule has 0 amide bonds. The van der Waals surface area contributed by atoms with Crippen molar-refractivity contribution in [2.45, 2.75) is 34.6 Å². The van der Waals surface area contributed by atoms with Crippen LogP contribution in [-0.4, -0.2) is 61.0 Å². The molecular formula is C24H22F6N2O4S2. The summed E-state index contributed by atoms with van der Waals surface area (Å²) < 4.78 is 107. The summed E-state index contributed by atoms with van der Waals surface area (Å²) in [6.45, 7) is 0.0324. The van der Waals surface area contributed by atoms with Gasteiger partial charge in [-0.25, -0.2) is 8.42 Å². The Morgan fingerprint density at radius 2 is 1.53 bits per heavy atom. The largest absolute Gasteiger partial charge is 0.508 e. The molecule has 0 bridgehead atoms. The number of halogens is 6. The van der Waals surface area contributed by atoms with Gasteiger partial charge in [-0.1, -0.05) is 36.4 Å². The van der Waals surface area contributed by atoms with Crippen molar-refractivity contribution in [2.75, 3.05) is 24.5 Å². The fraction of sp³-hybridized carbons (Fsp3) is 0.333. The zero-order chi connectivity index (χ0) is 27.9. The number of hydrogen-bond acceptors (Lipinski definition) is 6. The zero-order valence-corrected chi connectivity index (χ0v) is 21.1. The molecule has 0 unspecified atom stereocenters. The van der Waals surface area contributed by atoms with Gasteiger partial charge in [0.1, 0.15) is 9.96 Å². The minimum Gasteiger partial charge on any atom is -0.508 e. The lowest BCUT2D eigenvalue weighted by Gasteiger charge is -2.42. The number of hydrogen-bond donors (Lipinski definition) is 2. The molecule has 1 aliphatic rings. The molecular weight excluding hydrogens is 558 g/mol. The Morgan fingerprint density at radius 1 is 0.895 bits per heavy atom. The van der Waals surface area contributed by atoms with Crippen LogP contribution in [0.4, 0.5) is 32.0 Å². The molecule has 0 radical (unpaired) electrons. The molecule has 6 nitrogen and oxygen atoms in total. The molecule has 0 aliphatic carbocycles. The van der Waals surface area contributed by atoms with Crippen LogP contribution < -0.4 is 4.90 Å². The van der Waals surface area contributed by atoms with Crippen molar-refractivity contribution in [3.05, 3.63) is 77.2 Å². The van der Waals surface area contributed by atoms with E-state index in [1.54, 1.807) is 34.5 Å². The van der Waals surface area contributed by atoms with Crippen LogP contribution in [-0.2, 0) is 22.0 Å². The second-order valence-electron chi connectivity index (χ2n) is 8.73. The quantitative estimate of drug-likeness (QED) is 0.406. The molecule has 2 heterocycles. The van der Waals surface area contributed by atoms with Crippen LogP contribution in [0.15, 0.2) is 70.3 Å². The number of benzene rings is 2. The van der Waals surface area contributed by atoms with Crippen LogP contribution >= 0.6 is 11.3 Å². The lowest BCUT2D eigenvalue weighted by Crippen LogP contribution is -2.55. The highest BCUT2D eigenvalue weighted by Crippen LogP contribution is 2.50. The lowest BCUT2D eigenvalue weighted by atomic mass is 9.92. The molecule has 3 aromatic rings. The molecule has 1 saturated heterocycles. The van der Waals surface area contributed by atoms with E-state index < -0.39 is 39.6 Å². The highest BCUT2D eigenvalue weighted by molar-refractivity contribution is 7.91. The van der Waals surface area contributed by atoms with Gasteiger partial charge in [0.2, 0.25) is 0 Å². The molecule has 2 N–H and O–H groups in total. The normalized spacial score (nSPS) is 18.1. The first-order valence-corrected chi connectivity index (χ1v) is 13.5. The maximum absolute atomic E-state index is 13.3. The molecule has 38 heavy (non-hydrogen) atoms.